The molecule has 0 fully saturated rings. The van der Waals surface area contributed by atoms with Crippen LogP contribution in [0, 0.1) is 0 Å². The van der Waals surface area contributed by atoms with Crippen LogP contribution in [0.4, 0.5) is 5.69 Å². The van der Waals surface area contributed by atoms with Gasteiger partial charge in [0.2, 0.25) is 5.91 Å². The van der Waals surface area contributed by atoms with Crippen molar-refractivity contribution in [1.82, 2.24) is 14.7 Å². The molecule has 7 heteroatoms. The Balaban J connectivity index is 1.52. The van der Waals surface area contributed by atoms with E-state index in [1.54, 1.807) is 35.6 Å². The Labute approximate surface area is 137 Å². The van der Waals surface area contributed by atoms with Crippen molar-refractivity contribution in [2.24, 2.45) is 0 Å². The number of hydrogen-bond donors (Lipinski definition) is 2. The highest BCUT2D eigenvalue weighted by molar-refractivity contribution is 7.15. The fourth-order valence-corrected chi connectivity index (χ4v) is 2.93. The Morgan fingerprint density at radius 3 is 2.74 bits per heavy atom. The summed E-state index contributed by atoms with van der Waals surface area (Å²) in [6, 6.07) is 6.79. The van der Waals surface area contributed by atoms with Gasteiger partial charge in [0.1, 0.15) is 0 Å². The predicted molar refractivity (Wildman–Crippen MR) is 89.9 cm³/mol. The summed E-state index contributed by atoms with van der Waals surface area (Å²) in [5.74, 6) is -0.275. The molecular formula is C16H16N4O2S. The molecule has 2 amide bonds. The second-order valence-corrected chi connectivity index (χ2v) is 5.96. The number of thiazole rings is 1. The molecule has 0 spiro atoms. The molecule has 6 nitrogen and oxygen atoms in total. The van der Waals surface area contributed by atoms with Crippen molar-refractivity contribution < 1.29 is 9.59 Å². The lowest BCUT2D eigenvalue weighted by Crippen LogP contribution is -2.25. The second kappa shape index (κ2) is 6.62. The Kier molecular flexibility index (Phi) is 4.38. The third kappa shape index (κ3) is 3.75. The van der Waals surface area contributed by atoms with Gasteiger partial charge in [-0.05, 0) is 24.3 Å². The number of aromatic nitrogens is 2. The summed E-state index contributed by atoms with van der Waals surface area (Å²) in [5.41, 5.74) is 2.19. The second-order valence-electron chi connectivity index (χ2n) is 5.09. The first-order valence-corrected chi connectivity index (χ1v) is 8.07. The van der Waals surface area contributed by atoms with Crippen LogP contribution in [0.3, 0.4) is 0 Å². The summed E-state index contributed by atoms with van der Waals surface area (Å²) in [7, 11) is 0. The molecule has 23 heavy (non-hydrogen) atoms. The van der Waals surface area contributed by atoms with Crippen LogP contribution < -0.4 is 10.6 Å². The van der Waals surface area contributed by atoms with Crippen molar-refractivity contribution in [3.8, 4) is 0 Å². The molecule has 0 unspecified atom stereocenters. The number of carbonyl (C=O) groups is 2. The van der Waals surface area contributed by atoms with E-state index in [0.717, 1.165) is 10.7 Å². The van der Waals surface area contributed by atoms with Gasteiger partial charge in [-0.1, -0.05) is 0 Å². The zero-order valence-corrected chi connectivity index (χ0v) is 13.4. The summed E-state index contributed by atoms with van der Waals surface area (Å²) < 4.78 is 1.97. The van der Waals surface area contributed by atoms with E-state index < -0.39 is 0 Å². The fraction of sp³-hybridized carbons (Fsp3) is 0.188. The number of anilines is 1. The topological polar surface area (TPSA) is 75.5 Å². The van der Waals surface area contributed by atoms with E-state index in [4.69, 9.17) is 0 Å². The highest BCUT2D eigenvalue weighted by Gasteiger charge is 2.07. The van der Waals surface area contributed by atoms with Crippen LogP contribution in [0.1, 0.15) is 23.0 Å². The van der Waals surface area contributed by atoms with Crippen molar-refractivity contribution in [2.45, 2.75) is 13.3 Å². The third-order valence-electron chi connectivity index (χ3n) is 3.28. The average molecular weight is 328 g/mol. The SMILES string of the molecule is CC(=O)Nc1ccc(C(=O)NCCc2cn3ccsc3n2)cc1. The van der Waals surface area contributed by atoms with Crippen molar-refractivity contribution in [2.75, 3.05) is 11.9 Å². The molecule has 0 aliphatic rings. The monoisotopic (exact) mass is 328 g/mol. The summed E-state index contributed by atoms with van der Waals surface area (Å²) in [5, 5.41) is 7.52. The number of imidazole rings is 1. The lowest BCUT2D eigenvalue weighted by molar-refractivity contribution is -0.114. The molecule has 3 aromatic rings. The van der Waals surface area contributed by atoms with Crippen LogP contribution in [-0.4, -0.2) is 27.7 Å². The van der Waals surface area contributed by atoms with Gasteiger partial charge in [0.15, 0.2) is 4.96 Å². The first-order valence-electron chi connectivity index (χ1n) is 7.19. The van der Waals surface area contributed by atoms with Gasteiger partial charge < -0.3 is 10.6 Å². The van der Waals surface area contributed by atoms with Gasteiger partial charge in [0, 0.05) is 48.9 Å². The van der Waals surface area contributed by atoms with Crippen LogP contribution in [0.2, 0.25) is 0 Å². The van der Waals surface area contributed by atoms with Crippen molar-refractivity contribution in [1.29, 1.82) is 0 Å². The predicted octanol–water partition coefficient (Wildman–Crippen LogP) is 2.33. The molecule has 118 valence electrons. The molecule has 2 heterocycles. The summed E-state index contributed by atoms with van der Waals surface area (Å²) >= 11 is 1.58. The van der Waals surface area contributed by atoms with E-state index in [-0.39, 0.29) is 11.8 Å². The van der Waals surface area contributed by atoms with Gasteiger partial charge in [-0.15, -0.1) is 11.3 Å². The smallest absolute Gasteiger partial charge is 0.251 e. The number of nitrogens with zero attached hydrogens (tertiary/aromatic N) is 2. The zero-order valence-electron chi connectivity index (χ0n) is 12.6. The molecule has 2 aromatic heterocycles. The van der Waals surface area contributed by atoms with Crippen molar-refractivity contribution >= 4 is 33.8 Å². The summed E-state index contributed by atoms with van der Waals surface area (Å²) in [6.07, 6.45) is 4.62. The molecule has 0 saturated heterocycles. The Hall–Kier alpha value is -2.67. The number of benzene rings is 1. The first-order chi connectivity index (χ1) is 11.1. The van der Waals surface area contributed by atoms with E-state index in [9.17, 15) is 9.59 Å². The number of amides is 2. The lowest BCUT2D eigenvalue weighted by Gasteiger charge is -2.06. The molecule has 0 bridgehead atoms. The first kappa shape index (κ1) is 15.2. The zero-order chi connectivity index (χ0) is 16.2. The molecule has 0 atom stereocenters. The molecule has 2 N–H and O–H groups in total. The summed E-state index contributed by atoms with van der Waals surface area (Å²) in [6.45, 7) is 1.97. The Morgan fingerprint density at radius 2 is 2.04 bits per heavy atom. The van der Waals surface area contributed by atoms with E-state index >= 15 is 0 Å². The highest BCUT2D eigenvalue weighted by atomic mass is 32.1. The fourth-order valence-electron chi connectivity index (χ4n) is 2.21. The maximum atomic E-state index is 12.1. The maximum Gasteiger partial charge on any atom is 0.251 e. The van der Waals surface area contributed by atoms with E-state index in [2.05, 4.69) is 15.6 Å². The van der Waals surface area contributed by atoms with Crippen LogP contribution in [0.25, 0.3) is 4.96 Å². The molecule has 0 aliphatic carbocycles. The van der Waals surface area contributed by atoms with Crippen LogP contribution in [0.5, 0.6) is 0 Å². The van der Waals surface area contributed by atoms with Gasteiger partial charge in [-0.3, -0.25) is 14.0 Å². The van der Waals surface area contributed by atoms with Crippen LogP contribution >= 0.6 is 11.3 Å². The van der Waals surface area contributed by atoms with E-state index in [0.29, 0.717) is 24.2 Å². The van der Waals surface area contributed by atoms with E-state index in [1.165, 1.54) is 6.92 Å². The van der Waals surface area contributed by atoms with Gasteiger partial charge in [-0.25, -0.2) is 4.98 Å². The number of carbonyl (C=O) groups excluding carboxylic acids is 2. The minimum Gasteiger partial charge on any atom is -0.352 e. The number of rotatable bonds is 5. The lowest BCUT2D eigenvalue weighted by atomic mass is 10.2. The number of hydrogen-bond acceptors (Lipinski definition) is 4. The number of fused-ring (bicyclic) bond motifs is 1. The molecule has 0 aliphatic heterocycles. The molecule has 0 saturated carbocycles. The maximum absolute atomic E-state index is 12.1. The summed E-state index contributed by atoms with van der Waals surface area (Å²) in [4.78, 5) is 28.5. The van der Waals surface area contributed by atoms with Crippen LogP contribution in [-0.2, 0) is 11.2 Å². The molecule has 1 aromatic carbocycles. The largest absolute Gasteiger partial charge is 0.352 e. The van der Waals surface area contributed by atoms with Crippen molar-refractivity contribution in [3.63, 3.8) is 0 Å². The molecule has 0 radical (unpaired) electrons. The van der Waals surface area contributed by atoms with Gasteiger partial charge in [-0.2, -0.15) is 0 Å². The minimum atomic E-state index is -0.139. The van der Waals surface area contributed by atoms with Crippen molar-refractivity contribution in [3.05, 3.63) is 53.3 Å². The molecular weight excluding hydrogens is 312 g/mol. The van der Waals surface area contributed by atoms with Gasteiger partial charge >= 0.3 is 0 Å². The standard InChI is InChI=1S/C16H16N4O2S/c1-11(21)18-13-4-2-12(3-5-13)15(22)17-7-6-14-10-20-8-9-23-16(20)19-14/h2-5,8-10H,6-7H2,1H3,(H,17,22)(H,18,21). The Bertz CT molecular complexity index is 807. The third-order valence-corrected chi connectivity index (χ3v) is 4.05. The molecule has 3 rings (SSSR count). The minimum absolute atomic E-state index is 0.137. The quantitative estimate of drug-likeness (QED) is 0.755. The van der Waals surface area contributed by atoms with E-state index in [1.807, 2.05) is 22.2 Å². The van der Waals surface area contributed by atoms with Gasteiger partial charge in [0.25, 0.3) is 5.91 Å². The number of nitrogens with one attached hydrogen (secondary N) is 2. The highest BCUT2D eigenvalue weighted by Crippen LogP contribution is 2.12. The Morgan fingerprint density at radius 1 is 1.26 bits per heavy atom. The normalized spacial score (nSPS) is 10.7. The van der Waals surface area contributed by atoms with Crippen LogP contribution in [0.15, 0.2) is 42.0 Å². The van der Waals surface area contributed by atoms with Gasteiger partial charge in [0.05, 0.1) is 5.69 Å². The average Bonchev–Trinajstić information content (AvgIpc) is 3.08.